The minimum absolute atomic E-state index is 0.114. The summed E-state index contributed by atoms with van der Waals surface area (Å²) in [6.07, 6.45) is 4.84. The zero-order chi connectivity index (χ0) is 15.6. The summed E-state index contributed by atoms with van der Waals surface area (Å²) >= 11 is 1.48. The minimum atomic E-state index is 0.114. The molecule has 3 aromatic heterocycles. The second-order valence-corrected chi connectivity index (χ2v) is 6.45. The van der Waals surface area contributed by atoms with Crippen molar-refractivity contribution in [3.63, 3.8) is 0 Å². The zero-order valence-electron chi connectivity index (χ0n) is 12.3. The molecule has 0 radical (unpaired) electrons. The van der Waals surface area contributed by atoms with Gasteiger partial charge in [0.25, 0.3) is 11.8 Å². The Morgan fingerprint density at radius 1 is 1.26 bits per heavy atom. The third kappa shape index (κ3) is 2.79. The van der Waals surface area contributed by atoms with Crippen LogP contribution in [0.1, 0.15) is 34.3 Å². The molecule has 1 saturated heterocycles. The van der Waals surface area contributed by atoms with Gasteiger partial charge < -0.3 is 13.7 Å². The van der Waals surface area contributed by atoms with Crippen LogP contribution in [0.4, 0.5) is 0 Å². The van der Waals surface area contributed by atoms with Crippen LogP contribution in [0.2, 0.25) is 0 Å². The molecule has 0 bridgehead atoms. The molecule has 1 aliphatic rings. The second kappa shape index (κ2) is 6.00. The number of thiophene rings is 1. The maximum atomic E-state index is 12.3. The van der Waals surface area contributed by atoms with Gasteiger partial charge in [-0.2, -0.15) is 0 Å². The summed E-state index contributed by atoms with van der Waals surface area (Å²) in [5.41, 5.74) is 0.786. The summed E-state index contributed by atoms with van der Waals surface area (Å²) in [6.45, 7) is 1.43. The lowest BCUT2D eigenvalue weighted by molar-refractivity contribution is 0.0711. The topological polar surface area (TPSA) is 72.4 Å². The molecule has 1 fully saturated rings. The van der Waals surface area contributed by atoms with Crippen molar-refractivity contribution in [3.8, 4) is 11.5 Å². The average molecular weight is 329 g/mol. The van der Waals surface area contributed by atoms with Gasteiger partial charge >= 0.3 is 0 Å². The van der Waals surface area contributed by atoms with Crippen LogP contribution >= 0.6 is 11.3 Å². The van der Waals surface area contributed by atoms with E-state index in [4.69, 9.17) is 8.83 Å². The first-order chi connectivity index (χ1) is 11.3. The van der Waals surface area contributed by atoms with Crippen molar-refractivity contribution < 1.29 is 13.6 Å². The molecule has 0 aliphatic carbocycles. The van der Waals surface area contributed by atoms with E-state index in [9.17, 15) is 4.79 Å². The van der Waals surface area contributed by atoms with Crippen molar-refractivity contribution in [2.45, 2.75) is 18.8 Å². The fourth-order valence-electron chi connectivity index (χ4n) is 2.79. The van der Waals surface area contributed by atoms with E-state index < -0.39 is 0 Å². The Morgan fingerprint density at radius 3 is 2.83 bits per heavy atom. The van der Waals surface area contributed by atoms with Crippen LogP contribution in [0.5, 0.6) is 0 Å². The first-order valence-corrected chi connectivity index (χ1v) is 8.38. The molecule has 0 N–H and O–H groups in total. The Kier molecular flexibility index (Phi) is 3.70. The Bertz CT molecular complexity index is 771. The zero-order valence-corrected chi connectivity index (χ0v) is 13.2. The highest BCUT2D eigenvalue weighted by Crippen LogP contribution is 2.30. The van der Waals surface area contributed by atoms with Gasteiger partial charge in [-0.3, -0.25) is 4.79 Å². The molecule has 3 aromatic rings. The Hall–Kier alpha value is -2.41. The number of rotatable bonds is 3. The van der Waals surface area contributed by atoms with Gasteiger partial charge in [0.05, 0.1) is 16.7 Å². The van der Waals surface area contributed by atoms with Crippen LogP contribution in [-0.4, -0.2) is 34.1 Å². The van der Waals surface area contributed by atoms with E-state index >= 15 is 0 Å². The van der Waals surface area contributed by atoms with Crippen molar-refractivity contribution in [2.24, 2.45) is 0 Å². The molecule has 4 heterocycles. The SMILES string of the molecule is O=C(c1cccs1)N1CCC(c2nnc(-c3ccoc3)o2)CC1. The summed E-state index contributed by atoms with van der Waals surface area (Å²) in [5, 5.41) is 10.2. The van der Waals surface area contributed by atoms with Gasteiger partial charge in [0.2, 0.25) is 5.89 Å². The molecule has 0 unspecified atom stereocenters. The minimum Gasteiger partial charge on any atom is -0.472 e. The van der Waals surface area contributed by atoms with E-state index in [0.717, 1.165) is 23.3 Å². The van der Waals surface area contributed by atoms with Crippen LogP contribution in [0.3, 0.4) is 0 Å². The number of likely N-dealkylation sites (tertiary alicyclic amines) is 1. The van der Waals surface area contributed by atoms with Crippen molar-refractivity contribution in [3.05, 3.63) is 46.9 Å². The van der Waals surface area contributed by atoms with E-state index in [1.807, 2.05) is 22.4 Å². The number of furan rings is 1. The summed E-state index contributed by atoms with van der Waals surface area (Å²) in [4.78, 5) is 15.0. The number of carbonyl (C=O) groups is 1. The number of hydrogen-bond donors (Lipinski definition) is 0. The second-order valence-electron chi connectivity index (χ2n) is 5.50. The van der Waals surface area contributed by atoms with E-state index in [2.05, 4.69) is 10.2 Å². The van der Waals surface area contributed by atoms with Gasteiger partial charge in [-0.25, -0.2) is 0 Å². The first-order valence-electron chi connectivity index (χ1n) is 7.50. The molecule has 0 aromatic carbocycles. The molecule has 0 saturated carbocycles. The predicted molar refractivity (Wildman–Crippen MR) is 84.2 cm³/mol. The quantitative estimate of drug-likeness (QED) is 0.736. The van der Waals surface area contributed by atoms with Crippen molar-refractivity contribution in [2.75, 3.05) is 13.1 Å². The molecular formula is C16H15N3O3S. The molecule has 6 nitrogen and oxygen atoms in total. The number of piperidine rings is 1. The van der Waals surface area contributed by atoms with Gasteiger partial charge in [-0.15, -0.1) is 21.5 Å². The Balaban J connectivity index is 1.41. The first kappa shape index (κ1) is 14.2. The molecule has 1 amide bonds. The van der Waals surface area contributed by atoms with Crippen molar-refractivity contribution in [1.29, 1.82) is 0 Å². The summed E-state index contributed by atoms with van der Waals surface area (Å²) in [7, 11) is 0. The average Bonchev–Trinajstić information content (AvgIpc) is 3.36. The third-order valence-corrected chi connectivity index (χ3v) is 4.93. The Morgan fingerprint density at radius 2 is 2.13 bits per heavy atom. The van der Waals surface area contributed by atoms with E-state index in [1.54, 1.807) is 18.6 Å². The standard InChI is InChI=1S/C16H15N3O3S/c20-16(13-2-1-9-23-13)19-6-3-11(4-7-19)14-17-18-15(22-14)12-5-8-21-10-12/h1-2,5,8-11H,3-4,6-7H2. The summed E-state index contributed by atoms with van der Waals surface area (Å²) in [5.74, 6) is 1.44. The highest BCUT2D eigenvalue weighted by molar-refractivity contribution is 7.12. The van der Waals surface area contributed by atoms with Crippen LogP contribution in [0.15, 0.2) is 44.9 Å². The van der Waals surface area contributed by atoms with Gasteiger partial charge in [-0.05, 0) is 30.4 Å². The molecule has 4 rings (SSSR count). The number of aromatic nitrogens is 2. The maximum absolute atomic E-state index is 12.3. The fourth-order valence-corrected chi connectivity index (χ4v) is 3.48. The lowest BCUT2D eigenvalue weighted by Gasteiger charge is -2.30. The highest BCUT2D eigenvalue weighted by Gasteiger charge is 2.28. The van der Waals surface area contributed by atoms with Crippen LogP contribution in [-0.2, 0) is 0 Å². The van der Waals surface area contributed by atoms with Crippen molar-refractivity contribution >= 4 is 17.2 Å². The highest BCUT2D eigenvalue weighted by atomic mass is 32.1. The lowest BCUT2D eigenvalue weighted by atomic mass is 9.97. The maximum Gasteiger partial charge on any atom is 0.263 e. The number of hydrogen-bond acceptors (Lipinski definition) is 6. The van der Waals surface area contributed by atoms with Gasteiger partial charge in [0, 0.05) is 19.0 Å². The summed E-state index contributed by atoms with van der Waals surface area (Å²) in [6, 6.07) is 5.56. The van der Waals surface area contributed by atoms with Crippen LogP contribution < -0.4 is 0 Å². The molecule has 0 atom stereocenters. The molecule has 1 aliphatic heterocycles. The van der Waals surface area contributed by atoms with Crippen molar-refractivity contribution in [1.82, 2.24) is 15.1 Å². The molecule has 118 valence electrons. The summed E-state index contributed by atoms with van der Waals surface area (Å²) < 4.78 is 10.8. The normalized spacial score (nSPS) is 15.9. The number of nitrogens with zero attached hydrogens (tertiary/aromatic N) is 3. The van der Waals surface area contributed by atoms with Gasteiger partial charge in [-0.1, -0.05) is 6.07 Å². The lowest BCUT2D eigenvalue weighted by Crippen LogP contribution is -2.37. The van der Waals surface area contributed by atoms with Crippen LogP contribution in [0, 0.1) is 0 Å². The molecule has 0 spiro atoms. The fraction of sp³-hybridized carbons (Fsp3) is 0.312. The third-order valence-electron chi connectivity index (χ3n) is 4.07. The van der Waals surface area contributed by atoms with Gasteiger partial charge in [0.15, 0.2) is 0 Å². The van der Waals surface area contributed by atoms with Gasteiger partial charge in [0.1, 0.15) is 6.26 Å². The predicted octanol–water partition coefficient (Wildman–Crippen LogP) is 3.41. The van der Waals surface area contributed by atoms with E-state index in [-0.39, 0.29) is 11.8 Å². The smallest absolute Gasteiger partial charge is 0.263 e. The van der Waals surface area contributed by atoms with E-state index in [0.29, 0.717) is 24.9 Å². The Labute approximate surface area is 136 Å². The molecule has 7 heteroatoms. The number of amides is 1. The van der Waals surface area contributed by atoms with Crippen LogP contribution in [0.25, 0.3) is 11.5 Å². The largest absolute Gasteiger partial charge is 0.472 e. The molecule has 23 heavy (non-hydrogen) atoms. The monoisotopic (exact) mass is 329 g/mol. The molecular weight excluding hydrogens is 314 g/mol. The number of carbonyl (C=O) groups excluding carboxylic acids is 1. The van der Waals surface area contributed by atoms with E-state index in [1.165, 1.54) is 11.3 Å².